The van der Waals surface area contributed by atoms with Crippen LogP contribution >= 0.6 is 0 Å². The summed E-state index contributed by atoms with van der Waals surface area (Å²) in [6.07, 6.45) is 43.4. The Morgan fingerprint density at radius 1 is 0.365 bits per heavy atom. The lowest BCUT2D eigenvalue weighted by atomic mass is 10.0. The van der Waals surface area contributed by atoms with Gasteiger partial charge in [-0.05, 0) is 38.5 Å². The highest BCUT2D eigenvalue weighted by atomic mass is 16.6. The van der Waals surface area contributed by atoms with E-state index in [2.05, 4.69) is 32.9 Å². The smallest absolute Gasteiger partial charge is 0.306 e. The van der Waals surface area contributed by atoms with E-state index < -0.39 is 6.10 Å². The zero-order valence-electron chi connectivity index (χ0n) is 34.8. The molecule has 0 aromatic carbocycles. The largest absolute Gasteiger partial charge is 0.462 e. The fourth-order valence-electron chi connectivity index (χ4n) is 6.56. The average molecular weight is 735 g/mol. The minimum atomic E-state index is -0.764. The summed E-state index contributed by atoms with van der Waals surface area (Å²) in [7, 11) is 0. The Morgan fingerprint density at radius 3 is 1.04 bits per heavy atom. The molecule has 306 valence electrons. The molecule has 0 saturated heterocycles. The number of hydrogen-bond acceptors (Lipinski definition) is 6. The van der Waals surface area contributed by atoms with Crippen molar-refractivity contribution in [3.63, 3.8) is 0 Å². The van der Waals surface area contributed by atoms with Gasteiger partial charge in [-0.1, -0.05) is 200 Å². The fourth-order valence-corrected chi connectivity index (χ4v) is 6.56. The van der Waals surface area contributed by atoms with Gasteiger partial charge in [0.25, 0.3) is 0 Å². The number of carbonyl (C=O) groups excluding carboxylic acids is 3. The predicted octanol–water partition coefficient (Wildman–Crippen LogP) is 14.3. The summed E-state index contributed by atoms with van der Waals surface area (Å²) in [5.74, 6) is -0.875. The lowest BCUT2D eigenvalue weighted by molar-refractivity contribution is -0.167. The van der Waals surface area contributed by atoms with E-state index >= 15 is 0 Å². The molecule has 0 bridgehead atoms. The molecule has 0 N–H and O–H groups in total. The third-order valence-electron chi connectivity index (χ3n) is 10.0. The van der Waals surface area contributed by atoms with E-state index in [0.29, 0.717) is 19.3 Å². The van der Waals surface area contributed by atoms with Crippen LogP contribution in [-0.2, 0) is 28.6 Å². The number of ether oxygens (including phenoxy) is 3. The van der Waals surface area contributed by atoms with Gasteiger partial charge in [0.15, 0.2) is 6.10 Å². The molecule has 0 aromatic rings. The first-order valence-corrected chi connectivity index (χ1v) is 22.7. The summed E-state index contributed by atoms with van der Waals surface area (Å²) in [4.78, 5) is 37.6. The van der Waals surface area contributed by atoms with Gasteiger partial charge in [-0.15, -0.1) is 0 Å². The molecular weight excluding hydrogens is 649 g/mol. The second-order valence-corrected chi connectivity index (χ2v) is 15.3. The van der Waals surface area contributed by atoms with Crippen molar-refractivity contribution in [3.05, 3.63) is 12.2 Å². The van der Waals surface area contributed by atoms with E-state index in [-0.39, 0.29) is 31.1 Å². The standard InChI is InChI=1S/C46H86O6/c1-4-7-10-13-16-19-21-22-23-24-25-28-30-33-36-39-45(48)51-42-43(41-50-44(47)38-35-32-29-26-18-15-12-9-6-3)52-46(49)40-37-34-31-27-20-17-14-11-8-5-2/h11,14,43H,4-10,12-13,15-42H2,1-3H3/b14-11-. The summed E-state index contributed by atoms with van der Waals surface area (Å²) >= 11 is 0. The van der Waals surface area contributed by atoms with Crippen molar-refractivity contribution >= 4 is 17.9 Å². The SMILES string of the molecule is CCC/C=C\CCCCCCCC(=O)OC(COC(=O)CCCCCCCCCCC)COC(=O)CCCCCCCCCCCCCCCCC. The van der Waals surface area contributed by atoms with Crippen LogP contribution in [0.1, 0.15) is 245 Å². The number of esters is 3. The maximum absolute atomic E-state index is 12.7. The van der Waals surface area contributed by atoms with Crippen LogP contribution in [0.15, 0.2) is 12.2 Å². The van der Waals surface area contributed by atoms with E-state index in [1.165, 1.54) is 135 Å². The quantitative estimate of drug-likeness (QED) is 0.0269. The fraction of sp³-hybridized carbons (Fsp3) is 0.891. The van der Waals surface area contributed by atoms with Gasteiger partial charge in [-0.2, -0.15) is 0 Å². The van der Waals surface area contributed by atoms with Gasteiger partial charge in [0.2, 0.25) is 0 Å². The molecular formula is C46H86O6. The number of unbranched alkanes of at least 4 members (excludes halogenated alkanes) is 28. The van der Waals surface area contributed by atoms with Gasteiger partial charge < -0.3 is 14.2 Å². The summed E-state index contributed by atoms with van der Waals surface area (Å²) in [5.41, 5.74) is 0. The van der Waals surface area contributed by atoms with E-state index in [9.17, 15) is 14.4 Å². The van der Waals surface area contributed by atoms with Crippen LogP contribution in [0.2, 0.25) is 0 Å². The van der Waals surface area contributed by atoms with Crippen LogP contribution in [0.25, 0.3) is 0 Å². The number of carbonyl (C=O) groups is 3. The first kappa shape index (κ1) is 50.1. The minimum absolute atomic E-state index is 0.0693. The van der Waals surface area contributed by atoms with Gasteiger partial charge in [-0.25, -0.2) is 0 Å². The highest BCUT2D eigenvalue weighted by Gasteiger charge is 2.19. The average Bonchev–Trinajstić information content (AvgIpc) is 3.14. The van der Waals surface area contributed by atoms with E-state index in [1.807, 2.05) is 0 Å². The van der Waals surface area contributed by atoms with Crippen LogP contribution in [0, 0.1) is 0 Å². The van der Waals surface area contributed by atoms with Crippen LogP contribution < -0.4 is 0 Å². The monoisotopic (exact) mass is 735 g/mol. The summed E-state index contributed by atoms with van der Waals surface area (Å²) < 4.78 is 16.7. The second kappa shape index (κ2) is 41.9. The lowest BCUT2D eigenvalue weighted by Gasteiger charge is -2.18. The van der Waals surface area contributed by atoms with E-state index in [1.54, 1.807) is 0 Å². The Balaban J connectivity index is 4.28. The zero-order valence-corrected chi connectivity index (χ0v) is 34.8. The molecule has 6 nitrogen and oxygen atoms in total. The Bertz CT molecular complexity index is 809. The van der Waals surface area contributed by atoms with Gasteiger partial charge in [0.1, 0.15) is 13.2 Å². The highest BCUT2D eigenvalue weighted by molar-refractivity contribution is 5.71. The van der Waals surface area contributed by atoms with Crippen LogP contribution in [0.5, 0.6) is 0 Å². The highest BCUT2D eigenvalue weighted by Crippen LogP contribution is 2.15. The summed E-state index contributed by atoms with van der Waals surface area (Å²) in [6, 6.07) is 0. The first-order valence-electron chi connectivity index (χ1n) is 22.7. The Labute approximate surface area is 322 Å². The first-order chi connectivity index (χ1) is 25.5. The maximum Gasteiger partial charge on any atom is 0.306 e. The normalized spacial score (nSPS) is 12.0. The molecule has 0 aliphatic rings. The molecule has 0 radical (unpaired) electrons. The van der Waals surface area contributed by atoms with Gasteiger partial charge in [0.05, 0.1) is 0 Å². The third kappa shape index (κ3) is 39.4. The Hall–Kier alpha value is -1.85. The van der Waals surface area contributed by atoms with E-state index in [0.717, 1.165) is 70.6 Å². The molecule has 0 aliphatic carbocycles. The molecule has 1 unspecified atom stereocenters. The lowest BCUT2D eigenvalue weighted by Crippen LogP contribution is -2.30. The van der Waals surface area contributed by atoms with Crippen LogP contribution in [-0.4, -0.2) is 37.2 Å². The molecule has 1 atom stereocenters. The maximum atomic E-state index is 12.7. The molecule has 0 aliphatic heterocycles. The molecule has 0 heterocycles. The second-order valence-electron chi connectivity index (χ2n) is 15.3. The number of hydrogen-bond donors (Lipinski definition) is 0. The molecule has 0 saturated carbocycles. The third-order valence-corrected chi connectivity index (χ3v) is 10.0. The van der Waals surface area contributed by atoms with Crippen LogP contribution in [0.4, 0.5) is 0 Å². The molecule has 0 fully saturated rings. The van der Waals surface area contributed by atoms with E-state index in [4.69, 9.17) is 14.2 Å². The topological polar surface area (TPSA) is 78.9 Å². The van der Waals surface area contributed by atoms with Gasteiger partial charge in [0, 0.05) is 19.3 Å². The number of rotatable bonds is 41. The van der Waals surface area contributed by atoms with Crippen molar-refractivity contribution in [2.75, 3.05) is 13.2 Å². The van der Waals surface area contributed by atoms with Crippen LogP contribution in [0.3, 0.4) is 0 Å². The predicted molar refractivity (Wildman–Crippen MR) is 220 cm³/mol. The molecule has 52 heavy (non-hydrogen) atoms. The molecule has 0 rings (SSSR count). The van der Waals surface area contributed by atoms with Crippen molar-refractivity contribution in [1.29, 1.82) is 0 Å². The summed E-state index contributed by atoms with van der Waals surface area (Å²) in [5, 5.41) is 0. The number of allylic oxidation sites excluding steroid dienone is 2. The van der Waals surface area contributed by atoms with Crippen molar-refractivity contribution in [3.8, 4) is 0 Å². The zero-order chi connectivity index (χ0) is 38.0. The Morgan fingerprint density at radius 2 is 0.673 bits per heavy atom. The molecule has 6 heteroatoms. The van der Waals surface area contributed by atoms with Gasteiger partial charge >= 0.3 is 17.9 Å². The molecule has 0 aromatic heterocycles. The molecule has 0 amide bonds. The van der Waals surface area contributed by atoms with Crippen molar-refractivity contribution in [2.24, 2.45) is 0 Å². The van der Waals surface area contributed by atoms with Crippen molar-refractivity contribution < 1.29 is 28.6 Å². The minimum Gasteiger partial charge on any atom is -0.462 e. The van der Waals surface area contributed by atoms with Crippen molar-refractivity contribution in [1.82, 2.24) is 0 Å². The molecule has 0 spiro atoms. The summed E-state index contributed by atoms with van der Waals surface area (Å²) in [6.45, 7) is 6.56. The van der Waals surface area contributed by atoms with Crippen molar-refractivity contribution in [2.45, 2.75) is 252 Å². The van der Waals surface area contributed by atoms with Gasteiger partial charge in [-0.3, -0.25) is 14.4 Å². The Kier molecular flexibility index (Phi) is 40.4.